The topological polar surface area (TPSA) is 108 Å². The maximum absolute atomic E-state index is 14.4. The van der Waals surface area contributed by atoms with E-state index in [4.69, 9.17) is 21.1 Å². The van der Waals surface area contributed by atoms with Gasteiger partial charge in [0.15, 0.2) is 11.4 Å². The van der Waals surface area contributed by atoms with E-state index in [0.717, 1.165) is 11.1 Å². The Balaban J connectivity index is 1.67. The van der Waals surface area contributed by atoms with Crippen molar-refractivity contribution < 1.29 is 9.32 Å². The number of carbonyl (C=O) groups excluding carboxylic acids is 1. The Hall–Kier alpha value is -5.15. The van der Waals surface area contributed by atoms with Gasteiger partial charge in [0.1, 0.15) is 5.69 Å². The van der Waals surface area contributed by atoms with Gasteiger partial charge in [-0.2, -0.15) is 14.6 Å². The maximum Gasteiger partial charge on any atom is 0.271 e. The van der Waals surface area contributed by atoms with Gasteiger partial charge in [-0.05, 0) is 36.8 Å². The highest BCUT2D eigenvalue weighted by molar-refractivity contribution is 6.30. The van der Waals surface area contributed by atoms with E-state index in [1.807, 2.05) is 73.7 Å². The molecular weight excluding hydrogens is 528 g/mol. The molecule has 40 heavy (non-hydrogen) atoms. The number of carbonyl (C=O) groups is 1. The Kier molecular flexibility index (Phi) is 5.36. The molecule has 10 heteroatoms. The summed E-state index contributed by atoms with van der Waals surface area (Å²) >= 11 is 6.21. The van der Waals surface area contributed by atoms with Crippen LogP contribution in [-0.2, 0) is 0 Å². The van der Waals surface area contributed by atoms with E-state index >= 15 is 0 Å². The summed E-state index contributed by atoms with van der Waals surface area (Å²) in [7, 11) is 0. The van der Waals surface area contributed by atoms with Crippen LogP contribution in [0.3, 0.4) is 0 Å². The third-order valence-electron chi connectivity index (χ3n) is 6.80. The van der Waals surface area contributed by atoms with Gasteiger partial charge in [0, 0.05) is 23.1 Å². The van der Waals surface area contributed by atoms with E-state index in [1.165, 1.54) is 16.0 Å². The molecule has 194 valence electrons. The lowest BCUT2D eigenvalue weighted by molar-refractivity contribution is 0.100. The van der Waals surface area contributed by atoms with E-state index in [9.17, 15) is 9.59 Å². The van der Waals surface area contributed by atoms with Gasteiger partial charge in [0.25, 0.3) is 11.3 Å². The number of aromatic nitrogens is 6. The average molecular weight is 547 g/mol. The summed E-state index contributed by atoms with van der Waals surface area (Å²) in [5.41, 5.74) is 4.12. The Morgan fingerprint density at radius 2 is 1.60 bits per heavy atom. The molecule has 0 aliphatic rings. The molecule has 0 unspecified atom stereocenters. The first-order chi connectivity index (χ1) is 19.4. The molecule has 4 heterocycles. The molecule has 0 atom stereocenters. The highest BCUT2D eigenvalue weighted by atomic mass is 35.5. The Labute approximate surface area is 231 Å². The maximum atomic E-state index is 14.4. The van der Waals surface area contributed by atoms with E-state index in [2.05, 4.69) is 15.2 Å². The number of nitrogens with zero attached hydrogens (tertiary/aromatic N) is 6. The molecule has 9 nitrogen and oxygen atoms in total. The lowest BCUT2D eigenvalue weighted by Crippen LogP contribution is -2.20. The normalized spacial score (nSPS) is 11.6. The largest absolute Gasteiger partial charge is 0.335 e. The molecule has 0 saturated heterocycles. The second kappa shape index (κ2) is 8.96. The molecule has 0 spiro atoms. The molecule has 0 amide bonds. The first-order valence-corrected chi connectivity index (χ1v) is 12.8. The Morgan fingerprint density at radius 3 is 2.30 bits per heavy atom. The monoisotopic (exact) mass is 546 g/mol. The van der Waals surface area contributed by atoms with Crippen LogP contribution in [0.15, 0.2) is 88.2 Å². The second-order valence-corrected chi connectivity index (χ2v) is 9.89. The van der Waals surface area contributed by atoms with Crippen LogP contribution < -0.4 is 5.56 Å². The number of pyridine rings is 1. The van der Waals surface area contributed by atoms with Gasteiger partial charge in [-0.3, -0.25) is 9.59 Å². The summed E-state index contributed by atoms with van der Waals surface area (Å²) in [6, 6.07) is 24.1. The summed E-state index contributed by atoms with van der Waals surface area (Å²) in [4.78, 5) is 36.5. The van der Waals surface area contributed by atoms with E-state index in [1.54, 1.807) is 12.1 Å². The van der Waals surface area contributed by atoms with Crippen LogP contribution in [0, 0.1) is 6.92 Å². The number of rotatable bonds is 4. The van der Waals surface area contributed by atoms with Crippen LogP contribution in [0.4, 0.5) is 0 Å². The lowest BCUT2D eigenvalue weighted by atomic mass is 9.97. The fraction of sp³-hybridized carbons (Fsp3) is 0.0667. The van der Waals surface area contributed by atoms with Crippen LogP contribution in [0.25, 0.3) is 56.0 Å². The highest BCUT2D eigenvalue weighted by Crippen LogP contribution is 2.39. The predicted octanol–water partition coefficient (Wildman–Crippen LogP) is 6.07. The smallest absolute Gasteiger partial charge is 0.271 e. The summed E-state index contributed by atoms with van der Waals surface area (Å²) in [5.74, 6) is -0.259. The van der Waals surface area contributed by atoms with Crippen LogP contribution >= 0.6 is 11.6 Å². The number of benzene rings is 3. The zero-order valence-electron chi connectivity index (χ0n) is 21.3. The van der Waals surface area contributed by atoms with Crippen molar-refractivity contribution in [2.24, 2.45) is 0 Å². The number of hydrogen-bond acceptors (Lipinski definition) is 7. The fourth-order valence-corrected chi connectivity index (χ4v) is 5.03. The van der Waals surface area contributed by atoms with Crippen LogP contribution in [0.2, 0.25) is 5.02 Å². The summed E-state index contributed by atoms with van der Waals surface area (Å²) < 4.78 is 8.42. The number of ketones is 1. The van der Waals surface area contributed by atoms with Crippen LogP contribution in [-0.4, -0.2) is 35.1 Å². The molecule has 0 aliphatic heterocycles. The molecule has 0 saturated carbocycles. The van der Waals surface area contributed by atoms with E-state index in [-0.39, 0.29) is 34.1 Å². The minimum atomic E-state index is -0.483. The number of halogens is 1. The number of hydrogen-bond donors (Lipinski definition) is 0. The standard InChI is InChI=1S/C30H19ClN6O3/c1-16-8-14-21(15-9-16)37-30-33-26-24(29(39)36(30)27(34-37)17(2)38)22(18-10-12-20(31)13-11-18)23-25(35-40-28(23)32-26)19-6-4-3-5-7-19/h3-15H,1-2H3. The molecule has 7 rings (SSSR count). The zero-order chi connectivity index (χ0) is 27.5. The van der Waals surface area contributed by atoms with Gasteiger partial charge in [-0.15, -0.1) is 5.10 Å². The van der Waals surface area contributed by atoms with Gasteiger partial charge >= 0.3 is 0 Å². The third-order valence-corrected chi connectivity index (χ3v) is 7.05. The average Bonchev–Trinajstić information content (AvgIpc) is 3.56. The van der Waals surface area contributed by atoms with Gasteiger partial charge in [-0.1, -0.05) is 76.9 Å². The third kappa shape index (κ3) is 3.63. The van der Waals surface area contributed by atoms with Crippen molar-refractivity contribution in [2.45, 2.75) is 13.8 Å². The Bertz CT molecular complexity index is 2160. The van der Waals surface area contributed by atoms with Gasteiger partial charge in [0.05, 0.1) is 16.5 Å². The molecular formula is C30H19ClN6O3. The number of Topliss-reactive ketones (excluding diaryl/α,β-unsaturated/α-hetero) is 1. The summed E-state index contributed by atoms with van der Waals surface area (Å²) in [5, 5.41) is 10.1. The summed E-state index contributed by atoms with van der Waals surface area (Å²) in [6.07, 6.45) is 0. The molecule has 0 radical (unpaired) electrons. The SMILES string of the molecule is CC(=O)c1nn(-c2ccc(C)cc2)c2nc3nc4onc(-c5ccccc5)c4c(-c4ccc(Cl)cc4)c3c(=O)n12. The van der Waals surface area contributed by atoms with Crippen molar-refractivity contribution in [2.75, 3.05) is 0 Å². The van der Waals surface area contributed by atoms with E-state index < -0.39 is 5.56 Å². The number of aryl methyl sites for hydroxylation is 1. The van der Waals surface area contributed by atoms with Crippen LogP contribution in [0.5, 0.6) is 0 Å². The zero-order valence-corrected chi connectivity index (χ0v) is 22.0. The van der Waals surface area contributed by atoms with Crippen molar-refractivity contribution in [3.05, 3.63) is 106 Å². The molecule has 0 aliphatic carbocycles. The van der Waals surface area contributed by atoms with E-state index in [0.29, 0.717) is 32.9 Å². The van der Waals surface area contributed by atoms with Crippen molar-refractivity contribution in [1.82, 2.24) is 29.3 Å². The minimum absolute atomic E-state index is 0.0364. The molecule has 0 fully saturated rings. The first kappa shape index (κ1) is 23.9. The fourth-order valence-electron chi connectivity index (χ4n) is 4.91. The Morgan fingerprint density at radius 1 is 0.875 bits per heavy atom. The quantitative estimate of drug-likeness (QED) is 0.246. The molecule has 4 aromatic heterocycles. The predicted molar refractivity (Wildman–Crippen MR) is 152 cm³/mol. The summed E-state index contributed by atoms with van der Waals surface area (Å²) in [6.45, 7) is 3.34. The first-order valence-electron chi connectivity index (χ1n) is 12.4. The van der Waals surface area contributed by atoms with Crippen molar-refractivity contribution in [3.8, 4) is 28.1 Å². The molecule has 7 aromatic rings. The lowest BCUT2D eigenvalue weighted by Gasteiger charge is -2.10. The highest BCUT2D eigenvalue weighted by Gasteiger charge is 2.27. The van der Waals surface area contributed by atoms with Gasteiger partial charge < -0.3 is 4.52 Å². The van der Waals surface area contributed by atoms with Crippen molar-refractivity contribution in [3.63, 3.8) is 0 Å². The molecule has 0 bridgehead atoms. The van der Waals surface area contributed by atoms with Crippen LogP contribution in [0.1, 0.15) is 23.1 Å². The van der Waals surface area contributed by atoms with Crippen molar-refractivity contribution >= 4 is 45.3 Å². The number of fused-ring (bicyclic) bond motifs is 3. The van der Waals surface area contributed by atoms with Crippen molar-refractivity contribution in [1.29, 1.82) is 0 Å². The second-order valence-electron chi connectivity index (χ2n) is 9.45. The van der Waals surface area contributed by atoms with Gasteiger partial charge in [0.2, 0.25) is 11.6 Å². The molecule has 0 N–H and O–H groups in total. The minimum Gasteiger partial charge on any atom is -0.335 e. The van der Waals surface area contributed by atoms with Gasteiger partial charge in [-0.25, -0.2) is 4.40 Å². The molecule has 3 aromatic carbocycles.